The molecule has 17 heavy (non-hydrogen) atoms. The molecule has 0 spiro atoms. The Morgan fingerprint density at radius 1 is 1.12 bits per heavy atom. The van der Waals surface area contributed by atoms with E-state index >= 15 is 0 Å². The minimum Gasteiger partial charge on any atom is -0.496 e. The van der Waals surface area contributed by atoms with Crippen molar-refractivity contribution in [3.63, 3.8) is 0 Å². The molecular weight excluding hydrogens is 218 g/mol. The van der Waals surface area contributed by atoms with Crippen molar-refractivity contribution in [3.8, 4) is 17.2 Å². The van der Waals surface area contributed by atoms with Crippen LogP contribution in [0.4, 0.5) is 0 Å². The highest BCUT2D eigenvalue weighted by molar-refractivity contribution is 5.42. The molecule has 0 radical (unpaired) electrons. The second kappa shape index (κ2) is 6.81. The van der Waals surface area contributed by atoms with Crippen molar-refractivity contribution in [3.05, 3.63) is 30.4 Å². The van der Waals surface area contributed by atoms with Crippen LogP contribution in [0, 0.1) is 0 Å². The summed E-state index contributed by atoms with van der Waals surface area (Å²) in [6.07, 6.45) is 0. The molecule has 0 aromatic heterocycles. The Hall–Kier alpha value is -1.68. The summed E-state index contributed by atoms with van der Waals surface area (Å²) >= 11 is 0. The molecule has 0 aliphatic heterocycles. The van der Waals surface area contributed by atoms with Crippen LogP contribution in [0.2, 0.25) is 0 Å². The summed E-state index contributed by atoms with van der Waals surface area (Å²) < 4.78 is 15.9. The van der Waals surface area contributed by atoms with Crippen molar-refractivity contribution < 1.29 is 14.2 Å². The van der Waals surface area contributed by atoms with Crippen molar-refractivity contribution in [2.45, 2.75) is 0 Å². The lowest BCUT2D eigenvalue weighted by atomic mass is 10.3. The molecule has 0 aliphatic carbocycles. The summed E-state index contributed by atoms with van der Waals surface area (Å²) in [5.41, 5.74) is 0.981. The van der Waals surface area contributed by atoms with Gasteiger partial charge in [0.2, 0.25) is 0 Å². The third kappa shape index (κ3) is 4.36. The second-order valence-corrected chi connectivity index (χ2v) is 3.62. The van der Waals surface area contributed by atoms with Crippen LogP contribution in [-0.2, 0) is 0 Å². The average molecular weight is 237 g/mol. The van der Waals surface area contributed by atoms with Gasteiger partial charge in [-0.3, -0.25) is 0 Å². The Kier molecular flexibility index (Phi) is 5.36. The van der Waals surface area contributed by atoms with Crippen molar-refractivity contribution in [1.29, 1.82) is 0 Å². The number of likely N-dealkylation sites (N-methyl/N-ethyl adjacent to an activating group) is 1. The minimum absolute atomic E-state index is 0.469. The molecule has 1 aromatic carbocycles. The average Bonchev–Trinajstić information content (AvgIpc) is 2.36. The Morgan fingerprint density at radius 2 is 1.65 bits per heavy atom. The van der Waals surface area contributed by atoms with Crippen LogP contribution in [0.1, 0.15) is 0 Å². The fourth-order valence-corrected chi connectivity index (χ4v) is 1.35. The summed E-state index contributed by atoms with van der Waals surface area (Å²) in [7, 11) is 5.09. The molecule has 0 saturated heterocycles. The first-order chi connectivity index (χ1) is 8.19. The maximum absolute atomic E-state index is 5.61. The van der Waals surface area contributed by atoms with Gasteiger partial charge in [-0.1, -0.05) is 6.58 Å². The second-order valence-electron chi connectivity index (χ2n) is 3.62. The summed E-state index contributed by atoms with van der Waals surface area (Å²) in [5.74, 6) is 2.12. The van der Waals surface area contributed by atoms with Gasteiger partial charge in [-0.05, 0) is 12.6 Å². The molecular formula is C13H19NO3. The quantitative estimate of drug-likeness (QED) is 0.735. The van der Waals surface area contributed by atoms with Gasteiger partial charge in [0.25, 0.3) is 0 Å². The summed E-state index contributed by atoms with van der Waals surface area (Å²) in [6.45, 7) is 5.10. The van der Waals surface area contributed by atoms with Gasteiger partial charge in [0.05, 0.1) is 14.2 Å². The van der Waals surface area contributed by atoms with Crippen LogP contribution in [0.25, 0.3) is 0 Å². The number of benzene rings is 1. The normalized spacial score (nSPS) is 9.82. The number of hydrogen-bond donors (Lipinski definition) is 1. The van der Waals surface area contributed by atoms with Gasteiger partial charge in [0.15, 0.2) is 0 Å². The largest absolute Gasteiger partial charge is 0.496 e. The van der Waals surface area contributed by atoms with E-state index in [1.807, 2.05) is 19.2 Å². The van der Waals surface area contributed by atoms with Crippen LogP contribution in [0.3, 0.4) is 0 Å². The van der Waals surface area contributed by atoms with E-state index in [1.54, 1.807) is 20.3 Å². The minimum atomic E-state index is 0.469. The van der Waals surface area contributed by atoms with E-state index in [2.05, 4.69) is 11.9 Å². The zero-order valence-corrected chi connectivity index (χ0v) is 10.6. The number of methoxy groups -OCH3 is 2. The number of hydrogen-bond acceptors (Lipinski definition) is 4. The lowest BCUT2D eigenvalue weighted by molar-refractivity contribution is 0.338. The SMILES string of the molecule is C=C(CNC)COc1cc(OC)cc(OC)c1. The Morgan fingerprint density at radius 3 is 2.12 bits per heavy atom. The van der Waals surface area contributed by atoms with E-state index < -0.39 is 0 Å². The number of rotatable bonds is 7. The fraction of sp³-hybridized carbons (Fsp3) is 0.385. The summed E-state index contributed by atoms with van der Waals surface area (Å²) in [4.78, 5) is 0. The van der Waals surface area contributed by atoms with E-state index in [4.69, 9.17) is 14.2 Å². The topological polar surface area (TPSA) is 39.7 Å². The van der Waals surface area contributed by atoms with Gasteiger partial charge in [0, 0.05) is 24.7 Å². The van der Waals surface area contributed by atoms with Gasteiger partial charge >= 0.3 is 0 Å². The predicted octanol–water partition coefficient (Wildman–Crippen LogP) is 1.86. The smallest absolute Gasteiger partial charge is 0.127 e. The van der Waals surface area contributed by atoms with Gasteiger partial charge in [-0.25, -0.2) is 0 Å². The molecule has 94 valence electrons. The van der Waals surface area contributed by atoms with Gasteiger partial charge < -0.3 is 19.5 Å². The van der Waals surface area contributed by atoms with Crippen molar-refractivity contribution >= 4 is 0 Å². The van der Waals surface area contributed by atoms with Gasteiger partial charge in [0.1, 0.15) is 23.9 Å². The van der Waals surface area contributed by atoms with Crippen LogP contribution >= 0.6 is 0 Å². The first-order valence-corrected chi connectivity index (χ1v) is 5.36. The monoisotopic (exact) mass is 237 g/mol. The standard InChI is InChI=1S/C13H19NO3/c1-10(8-14-2)9-17-13-6-11(15-3)5-12(7-13)16-4/h5-7,14H,1,8-9H2,2-4H3. The molecule has 0 amide bonds. The highest BCUT2D eigenvalue weighted by Crippen LogP contribution is 2.27. The molecule has 0 heterocycles. The van der Waals surface area contributed by atoms with Crippen molar-refractivity contribution in [1.82, 2.24) is 5.32 Å². The van der Waals surface area contributed by atoms with E-state index in [-0.39, 0.29) is 0 Å². The maximum atomic E-state index is 5.61. The molecule has 0 saturated carbocycles. The Bertz CT molecular complexity index is 355. The van der Waals surface area contributed by atoms with Crippen LogP contribution in [-0.4, -0.2) is 34.4 Å². The summed E-state index contributed by atoms with van der Waals surface area (Å²) in [5, 5.41) is 3.02. The van der Waals surface area contributed by atoms with Crippen LogP contribution in [0.15, 0.2) is 30.4 Å². The fourth-order valence-electron chi connectivity index (χ4n) is 1.35. The Balaban J connectivity index is 2.66. The maximum Gasteiger partial charge on any atom is 0.127 e. The van der Waals surface area contributed by atoms with Crippen LogP contribution < -0.4 is 19.5 Å². The van der Waals surface area contributed by atoms with Gasteiger partial charge in [-0.15, -0.1) is 0 Å². The van der Waals surface area contributed by atoms with E-state index in [9.17, 15) is 0 Å². The zero-order valence-electron chi connectivity index (χ0n) is 10.6. The van der Waals surface area contributed by atoms with Gasteiger partial charge in [-0.2, -0.15) is 0 Å². The molecule has 4 heteroatoms. The van der Waals surface area contributed by atoms with E-state index in [0.717, 1.165) is 12.1 Å². The lowest BCUT2D eigenvalue weighted by Gasteiger charge is -2.11. The molecule has 0 aliphatic rings. The summed E-state index contributed by atoms with van der Waals surface area (Å²) in [6, 6.07) is 5.43. The number of ether oxygens (including phenoxy) is 3. The molecule has 1 N–H and O–H groups in total. The van der Waals surface area contributed by atoms with E-state index in [0.29, 0.717) is 23.9 Å². The molecule has 0 atom stereocenters. The molecule has 0 bridgehead atoms. The number of nitrogens with one attached hydrogen (secondary N) is 1. The molecule has 1 aromatic rings. The van der Waals surface area contributed by atoms with Crippen molar-refractivity contribution in [2.75, 3.05) is 34.4 Å². The van der Waals surface area contributed by atoms with E-state index in [1.165, 1.54) is 0 Å². The van der Waals surface area contributed by atoms with Crippen molar-refractivity contribution in [2.24, 2.45) is 0 Å². The van der Waals surface area contributed by atoms with Crippen LogP contribution in [0.5, 0.6) is 17.2 Å². The molecule has 0 unspecified atom stereocenters. The highest BCUT2D eigenvalue weighted by atomic mass is 16.5. The highest BCUT2D eigenvalue weighted by Gasteiger charge is 2.03. The third-order valence-corrected chi connectivity index (χ3v) is 2.19. The first kappa shape index (κ1) is 13.4. The molecule has 4 nitrogen and oxygen atoms in total. The lowest BCUT2D eigenvalue weighted by Crippen LogP contribution is -2.14. The molecule has 0 fully saturated rings. The first-order valence-electron chi connectivity index (χ1n) is 5.36. The third-order valence-electron chi connectivity index (χ3n) is 2.19. The Labute approximate surface area is 102 Å². The zero-order chi connectivity index (χ0) is 12.7. The predicted molar refractivity (Wildman–Crippen MR) is 68.1 cm³/mol. The molecule has 1 rings (SSSR count).